The Kier molecular flexibility index (Phi) is 4.16. The van der Waals surface area contributed by atoms with Gasteiger partial charge in [-0.05, 0) is 49.3 Å². The molecular weight excluding hydrogens is 280 g/mol. The first kappa shape index (κ1) is 14.1. The molecule has 1 aliphatic carbocycles. The SMILES string of the molecule is Fc1cc(CCl)cc(F)c1N1CCCC1C1CCCC1. The third kappa shape index (κ3) is 2.52. The fourth-order valence-electron chi connectivity index (χ4n) is 3.87. The van der Waals surface area contributed by atoms with Crippen LogP contribution in [0.25, 0.3) is 0 Å². The second-order valence-corrected chi connectivity index (χ2v) is 6.26. The first-order valence-electron chi connectivity index (χ1n) is 7.51. The third-order valence-corrected chi connectivity index (χ3v) is 5.07. The van der Waals surface area contributed by atoms with E-state index in [0.29, 0.717) is 17.5 Å². The van der Waals surface area contributed by atoms with E-state index in [2.05, 4.69) is 0 Å². The number of rotatable bonds is 3. The lowest BCUT2D eigenvalue weighted by molar-refractivity contribution is 0.423. The zero-order valence-electron chi connectivity index (χ0n) is 11.5. The van der Waals surface area contributed by atoms with Crippen molar-refractivity contribution in [2.45, 2.75) is 50.4 Å². The van der Waals surface area contributed by atoms with E-state index >= 15 is 0 Å². The van der Waals surface area contributed by atoms with Crippen molar-refractivity contribution >= 4 is 17.3 Å². The molecule has 0 aromatic heterocycles. The molecule has 1 heterocycles. The molecule has 110 valence electrons. The summed E-state index contributed by atoms with van der Waals surface area (Å²) in [5, 5.41) is 0. The third-order valence-electron chi connectivity index (χ3n) is 4.76. The number of hydrogen-bond acceptors (Lipinski definition) is 1. The zero-order valence-corrected chi connectivity index (χ0v) is 12.3. The summed E-state index contributed by atoms with van der Waals surface area (Å²) >= 11 is 5.67. The standard InChI is InChI=1S/C16H20ClF2N/c17-10-11-8-13(18)16(14(19)9-11)20-7-3-6-15(20)12-4-1-2-5-12/h8-9,12,15H,1-7,10H2. The summed E-state index contributed by atoms with van der Waals surface area (Å²) in [6.45, 7) is 0.759. The molecule has 0 spiro atoms. The van der Waals surface area contributed by atoms with E-state index in [1.807, 2.05) is 4.90 Å². The van der Waals surface area contributed by atoms with Gasteiger partial charge in [-0.2, -0.15) is 0 Å². The van der Waals surface area contributed by atoms with Gasteiger partial charge in [0.15, 0.2) is 0 Å². The van der Waals surface area contributed by atoms with Crippen LogP contribution in [0.5, 0.6) is 0 Å². The number of anilines is 1. The molecule has 1 aliphatic heterocycles. The molecule has 0 amide bonds. The summed E-state index contributed by atoms with van der Waals surface area (Å²) < 4.78 is 28.5. The van der Waals surface area contributed by atoms with Gasteiger partial charge in [-0.3, -0.25) is 0 Å². The van der Waals surface area contributed by atoms with E-state index in [1.54, 1.807) is 0 Å². The van der Waals surface area contributed by atoms with Gasteiger partial charge in [0.05, 0.1) is 0 Å². The van der Waals surface area contributed by atoms with Crippen LogP contribution in [0.1, 0.15) is 44.1 Å². The summed E-state index contributed by atoms with van der Waals surface area (Å²) in [4.78, 5) is 1.97. The van der Waals surface area contributed by atoms with Crippen molar-refractivity contribution in [2.24, 2.45) is 5.92 Å². The van der Waals surface area contributed by atoms with Gasteiger partial charge in [-0.25, -0.2) is 8.78 Å². The Balaban J connectivity index is 1.91. The minimum absolute atomic E-state index is 0.139. The number of nitrogens with zero attached hydrogens (tertiary/aromatic N) is 1. The maximum absolute atomic E-state index is 14.3. The van der Waals surface area contributed by atoms with Gasteiger partial charge in [0, 0.05) is 18.5 Å². The Labute approximate surface area is 123 Å². The average Bonchev–Trinajstić information content (AvgIpc) is 3.07. The molecule has 1 nitrogen and oxygen atoms in total. The van der Waals surface area contributed by atoms with E-state index in [1.165, 1.54) is 37.8 Å². The average molecular weight is 300 g/mol. The van der Waals surface area contributed by atoms with Gasteiger partial charge in [-0.15, -0.1) is 11.6 Å². The summed E-state index contributed by atoms with van der Waals surface area (Å²) in [6.07, 6.45) is 6.99. The second-order valence-electron chi connectivity index (χ2n) is 5.99. The normalized spacial score (nSPS) is 23.8. The molecule has 0 radical (unpaired) electrons. The van der Waals surface area contributed by atoms with Gasteiger partial charge in [0.25, 0.3) is 0 Å². The Morgan fingerprint density at radius 3 is 2.30 bits per heavy atom. The molecule has 2 aliphatic rings. The van der Waals surface area contributed by atoms with Crippen LogP contribution in [0.3, 0.4) is 0 Å². The van der Waals surface area contributed by atoms with Crippen LogP contribution in [0.15, 0.2) is 12.1 Å². The highest BCUT2D eigenvalue weighted by atomic mass is 35.5. The van der Waals surface area contributed by atoms with Gasteiger partial charge in [0.1, 0.15) is 17.3 Å². The Morgan fingerprint density at radius 1 is 1.05 bits per heavy atom. The number of hydrogen-bond donors (Lipinski definition) is 0. The smallest absolute Gasteiger partial charge is 0.149 e. The number of benzene rings is 1. The van der Waals surface area contributed by atoms with Gasteiger partial charge in [-0.1, -0.05) is 12.8 Å². The molecule has 1 saturated carbocycles. The Hall–Kier alpha value is -0.830. The molecule has 0 N–H and O–H groups in total. The summed E-state index contributed by atoms with van der Waals surface area (Å²) in [6, 6.07) is 3.05. The van der Waals surface area contributed by atoms with E-state index < -0.39 is 11.6 Å². The zero-order chi connectivity index (χ0) is 14.1. The second kappa shape index (κ2) is 5.88. The molecular formula is C16H20ClF2N. The topological polar surface area (TPSA) is 3.24 Å². The first-order valence-corrected chi connectivity index (χ1v) is 8.04. The van der Waals surface area contributed by atoms with Gasteiger partial charge >= 0.3 is 0 Å². The lowest BCUT2D eigenvalue weighted by Crippen LogP contribution is -2.35. The summed E-state index contributed by atoms with van der Waals surface area (Å²) in [5.41, 5.74) is 0.662. The number of alkyl halides is 1. The predicted molar refractivity (Wildman–Crippen MR) is 78.2 cm³/mol. The van der Waals surface area contributed by atoms with Crippen molar-refractivity contribution in [1.82, 2.24) is 0 Å². The van der Waals surface area contributed by atoms with Crippen LogP contribution in [0.4, 0.5) is 14.5 Å². The fourth-order valence-corrected chi connectivity index (χ4v) is 4.03. The Bertz CT molecular complexity index is 462. The van der Waals surface area contributed by atoms with Crippen molar-refractivity contribution in [3.05, 3.63) is 29.3 Å². The molecule has 1 aromatic rings. The van der Waals surface area contributed by atoms with Crippen LogP contribution in [-0.2, 0) is 5.88 Å². The first-order chi connectivity index (χ1) is 9.70. The maximum Gasteiger partial charge on any atom is 0.149 e. The van der Waals surface area contributed by atoms with Crippen LogP contribution >= 0.6 is 11.6 Å². The summed E-state index contributed by atoms with van der Waals surface area (Å²) in [5.74, 6) is -0.194. The van der Waals surface area contributed by atoms with Crippen molar-refractivity contribution in [3.8, 4) is 0 Å². The van der Waals surface area contributed by atoms with E-state index in [-0.39, 0.29) is 11.6 Å². The minimum atomic E-state index is -0.467. The molecule has 3 rings (SSSR count). The van der Waals surface area contributed by atoms with Crippen molar-refractivity contribution in [2.75, 3.05) is 11.4 Å². The van der Waals surface area contributed by atoms with Gasteiger partial charge < -0.3 is 4.90 Å². The lowest BCUT2D eigenvalue weighted by Gasteiger charge is -2.32. The van der Waals surface area contributed by atoms with E-state index in [4.69, 9.17) is 11.6 Å². The molecule has 20 heavy (non-hydrogen) atoms. The fraction of sp³-hybridized carbons (Fsp3) is 0.625. The van der Waals surface area contributed by atoms with Crippen molar-refractivity contribution < 1.29 is 8.78 Å². The largest absolute Gasteiger partial charge is 0.364 e. The van der Waals surface area contributed by atoms with E-state index in [0.717, 1.165) is 19.4 Å². The lowest BCUT2D eigenvalue weighted by atomic mass is 9.95. The molecule has 1 atom stereocenters. The van der Waals surface area contributed by atoms with Crippen LogP contribution < -0.4 is 4.90 Å². The van der Waals surface area contributed by atoms with Crippen LogP contribution in [-0.4, -0.2) is 12.6 Å². The van der Waals surface area contributed by atoms with Crippen LogP contribution in [0, 0.1) is 17.6 Å². The highest BCUT2D eigenvalue weighted by molar-refractivity contribution is 6.17. The van der Waals surface area contributed by atoms with Crippen molar-refractivity contribution in [3.63, 3.8) is 0 Å². The van der Waals surface area contributed by atoms with Crippen LogP contribution in [0.2, 0.25) is 0 Å². The number of halogens is 3. The molecule has 1 saturated heterocycles. The Morgan fingerprint density at radius 2 is 1.70 bits per heavy atom. The molecule has 0 bridgehead atoms. The molecule has 2 fully saturated rings. The highest BCUT2D eigenvalue weighted by Gasteiger charge is 2.35. The molecule has 4 heteroatoms. The minimum Gasteiger partial charge on any atom is -0.364 e. The molecule has 1 unspecified atom stereocenters. The van der Waals surface area contributed by atoms with Crippen molar-refractivity contribution in [1.29, 1.82) is 0 Å². The highest BCUT2D eigenvalue weighted by Crippen LogP contribution is 2.39. The monoisotopic (exact) mass is 299 g/mol. The predicted octanol–water partition coefficient (Wildman–Crippen LogP) is 4.86. The quantitative estimate of drug-likeness (QED) is 0.720. The molecule has 1 aromatic carbocycles. The summed E-state index contributed by atoms with van der Waals surface area (Å²) in [7, 11) is 0. The van der Waals surface area contributed by atoms with E-state index in [9.17, 15) is 8.78 Å². The maximum atomic E-state index is 14.3. The van der Waals surface area contributed by atoms with Gasteiger partial charge in [0.2, 0.25) is 0 Å².